The average molecular weight is 361 g/mol. The molecule has 1 amide bonds. The summed E-state index contributed by atoms with van der Waals surface area (Å²) < 4.78 is 6.01. The average Bonchev–Trinajstić information content (AvgIpc) is 2.53. The minimum Gasteiger partial charge on any atom is -0.377 e. The van der Waals surface area contributed by atoms with Gasteiger partial charge < -0.3 is 15.4 Å². The Morgan fingerprint density at radius 3 is 2.54 bits per heavy atom. The van der Waals surface area contributed by atoms with Crippen molar-refractivity contribution in [2.45, 2.75) is 65.9 Å². The van der Waals surface area contributed by atoms with Crippen LogP contribution in [-0.4, -0.2) is 38.3 Å². The zero-order valence-electron chi connectivity index (χ0n) is 15.9. The summed E-state index contributed by atoms with van der Waals surface area (Å²) in [7, 11) is 0. The number of piperidine rings is 1. The highest BCUT2D eigenvalue weighted by molar-refractivity contribution is 5.85. The minimum absolute atomic E-state index is 0. The molecule has 2 aliphatic rings. The Bertz CT molecular complexity index is 378. The Morgan fingerprint density at radius 2 is 1.92 bits per heavy atom. The lowest BCUT2D eigenvalue weighted by atomic mass is 9.78. The van der Waals surface area contributed by atoms with Crippen molar-refractivity contribution in [3.8, 4) is 0 Å². The first-order valence-corrected chi connectivity index (χ1v) is 9.47. The molecule has 0 aromatic rings. The molecule has 0 bridgehead atoms. The Balaban J connectivity index is 0.00000288. The van der Waals surface area contributed by atoms with Gasteiger partial charge in [-0.3, -0.25) is 4.79 Å². The molecule has 2 saturated heterocycles. The summed E-state index contributed by atoms with van der Waals surface area (Å²) in [5, 5.41) is 6.59. The summed E-state index contributed by atoms with van der Waals surface area (Å²) in [6.07, 6.45) is 5.59. The fraction of sp³-hybridized carbons (Fsp3) is 0.947. The van der Waals surface area contributed by atoms with Crippen LogP contribution in [0.1, 0.15) is 59.8 Å². The third kappa shape index (κ3) is 6.53. The van der Waals surface area contributed by atoms with Crippen LogP contribution in [0, 0.1) is 23.2 Å². The number of carbonyl (C=O) groups is 1. The zero-order chi connectivity index (χ0) is 16.9. The van der Waals surface area contributed by atoms with E-state index in [2.05, 4.69) is 38.3 Å². The summed E-state index contributed by atoms with van der Waals surface area (Å²) in [5.41, 5.74) is 0.137. The van der Waals surface area contributed by atoms with E-state index in [1.165, 1.54) is 12.8 Å². The molecule has 0 radical (unpaired) electrons. The van der Waals surface area contributed by atoms with Crippen molar-refractivity contribution < 1.29 is 9.53 Å². The summed E-state index contributed by atoms with van der Waals surface area (Å²) in [4.78, 5) is 12.3. The van der Waals surface area contributed by atoms with Crippen molar-refractivity contribution >= 4 is 18.3 Å². The van der Waals surface area contributed by atoms with E-state index in [0.29, 0.717) is 24.2 Å². The standard InChI is InChI=1S/C19H36N2O2.ClH/c1-14(15-7-9-20-10-8-15)12-17(22)21-13-16-6-5-11-23-18(16)19(2,3)4;/h14-16,18,20H,5-13H2,1-4H3,(H,21,22);1H. The molecule has 0 aromatic heterocycles. The largest absolute Gasteiger partial charge is 0.377 e. The lowest BCUT2D eigenvalue weighted by molar-refractivity contribution is -0.124. The van der Waals surface area contributed by atoms with Crippen LogP contribution in [0.3, 0.4) is 0 Å². The summed E-state index contributed by atoms with van der Waals surface area (Å²) >= 11 is 0. The second-order valence-electron chi connectivity index (χ2n) is 8.63. The van der Waals surface area contributed by atoms with Gasteiger partial charge in [0.1, 0.15) is 0 Å². The van der Waals surface area contributed by atoms with Crippen LogP contribution in [0.25, 0.3) is 0 Å². The van der Waals surface area contributed by atoms with Crippen LogP contribution < -0.4 is 10.6 Å². The molecule has 142 valence electrons. The number of ether oxygens (including phenoxy) is 1. The highest BCUT2D eigenvalue weighted by Gasteiger charge is 2.35. The first-order valence-electron chi connectivity index (χ1n) is 9.47. The third-order valence-electron chi connectivity index (χ3n) is 5.56. The summed E-state index contributed by atoms with van der Waals surface area (Å²) in [6, 6.07) is 0. The molecule has 2 N–H and O–H groups in total. The Morgan fingerprint density at radius 1 is 1.25 bits per heavy atom. The van der Waals surface area contributed by atoms with Crippen LogP contribution in [0.15, 0.2) is 0 Å². The van der Waals surface area contributed by atoms with E-state index < -0.39 is 0 Å². The molecule has 0 saturated carbocycles. The van der Waals surface area contributed by atoms with Crippen LogP contribution >= 0.6 is 12.4 Å². The van der Waals surface area contributed by atoms with Crippen LogP contribution in [0.5, 0.6) is 0 Å². The van der Waals surface area contributed by atoms with E-state index in [1.807, 2.05) is 0 Å². The topological polar surface area (TPSA) is 50.4 Å². The van der Waals surface area contributed by atoms with Crippen molar-refractivity contribution in [3.63, 3.8) is 0 Å². The van der Waals surface area contributed by atoms with Gasteiger partial charge in [-0.25, -0.2) is 0 Å². The third-order valence-corrected chi connectivity index (χ3v) is 5.56. The molecular formula is C19H37ClN2O2. The van der Waals surface area contributed by atoms with Gasteiger partial charge in [-0.2, -0.15) is 0 Å². The number of hydrogen-bond acceptors (Lipinski definition) is 3. The van der Waals surface area contributed by atoms with Gasteiger partial charge >= 0.3 is 0 Å². The van der Waals surface area contributed by atoms with E-state index in [4.69, 9.17) is 4.74 Å². The van der Waals surface area contributed by atoms with Gasteiger partial charge in [0.2, 0.25) is 5.91 Å². The van der Waals surface area contributed by atoms with Gasteiger partial charge in [0, 0.05) is 25.5 Å². The number of halogens is 1. The maximum Gasteiger partial charge on any atom is 0.220 e. The van der Waals surface area contributed by atoms with Gasteiger partial charge in [-0.05, 0) is 56.0 Å². The van der Waals surface area contributed by atoms with Crippen LogP contribution in [-0.2, 0) is 9.53 Å². The second kappa shape index (κ2) is 9.98. The molecule has 4 nitrogen and oxygen atoms in total. The molecule has 3 atom stereocenters. The van der Waals surface area contributed by atoms with E-state index >= 15 is 0 Å². The molecule has 0 spiro atoms. The molecule has 2 heterocycles. The Hall–Kier alpha value is -0.320. The SMILES string of the molecule is CC(CC(=O)NCC1CCCOC1C(C)(C)C)C1CCNCC1.Cl. The molecule has 2 fully saturated rings. The molecule has 24 heavy (non-hydrogen) atoms. The van der Waals surface area contributed by atoms with Gasteiger partial charge in [0.15, 0.2) is 0 Å². The van der Waals surface area contributed by atoms with Crippen LogP contribution in [0.2, 0.25) is 0 Å². The van der Waals surface area contributed by atoms with E-state index in [1.54, 1.807) is 0 Å². The van der Waals surface area contributed by atoms with Crippen molar-refractivity contribution in [1.29, 1.82) is 0 Å². The fourth-order valence-electron chi connectivity index (χ4n) is 4.20. The van der Waals surface area contributed by atoms with Crippen molar-refractivity contribution in [1.82, 2.24) is 10.6 Å². The van der Waals surface area contributed by atoms with E-state index in [-0.39, 0.29) is 29.8 Å². The van der Waals surface area contributed by atoms with Gasteiger partial charge in [-0.1, -0.05) is 27.7 Å². The molecule has 0 aromatic carbocycles. The van der Waals surface area contributed by atoms with Crippen molar-refractivity contribution in [3.05, 3.63) is 0 Å². The number of hydrogen-bond donors (Lipinski definition) is 2. The normalized spacial score (nSPS) is 27.2. The van der Waals surface area contributed by atoms with Gasteiger partial charge in [-0.15, -0.1) is 12.4 Å². The quantitative estimate of drug-likeness (QED) is 0.790. The maximum absolute atomic E-state index is 12.3. The lowest BCUT2D eigenvalue weighted by Crippen LogP contribution is -2.45. The maximum atomic E-state index is 12.3. The molecule has 5 heteroatoms. The number of rotatable bonds is 5. The van der Waals surface area contributed by atoms with Crippen LogP contribution in [0.4, 0.5) is 0 Å². The summed E-state index contributed by atoms with van der Waals surface area (Å²) in [5.74, 6) is 1.84. The smallest absolute Gasteiger partial charge is 0.220 e. The van der Waals surface area contributed by atoms with Crippen molar-refractivity contribution in [2.24, 2.45) is 23.2 Å². The first-order chi connectivity index (χ1) is 10.9. The molecule has 3 unspecified atom stereocenters. The minimum atomic E-state index is 0. The fourth-order valence-corrected chi connectivity index (χ4v) is 4.20. The highest BCUT2D eigenvalue weighted by Crippen LogP contribution is 2.33. The lowest BCUT2D eigenvalue weighted by Gasteiger charge is -2.40. The predicted octanol–water partition coefficient (Wildman–Crippen LogP) is 3.39. The predicted molar refractivity (Wildman–Crippen MR) is 102 cm³/mol. The number of carbonyl (C=O) groups excluding carboxylic acids is 1. The number of nitrogens with one attached hydrogen (secondary N) is 2. The van der Waals surface area contributed by atoms with E-state index in [9.17, 15) is 4.79 Å². The first kappa shape index (κ1) is 21.7. The zero-order valence-corrected chi connectivity index (χ0v) is 16.7. The highest BCUT2D eigenvalue weighted by atomic mass is 35.5. The monoisotopic (exact) mass is 360 g/mol. The second-order valence-corrected chi connectivity index (χ2v) is 8.63. The van der Waals surface area contributed by atoms with Gasteiger partial charge in [0.05, 0.1) is 6.10 Å². The van der Waals surface area contributed by atoms with E-state index in [0.717, 1.165) is 39.1 Å². The van der Waals surface area contributed by atoms with Gasteiger partial charge in [0.25, 0.3) is 0 Å². The Kier molecular flexibility index (Phi) is 9.03. The molecule has 2 aliphatic heterocycles. The molecular weight excluding hydrogens is 324 g/mol. The summed E-state index contributed by atoms with van der Waals surface area (Å²) in [6.45, 7) is 12.8. The molecule has 2 rings (SSSR count). The number of amides is 1. The Labute approximate surface area is 154 Å². The van der Waals surface area contributed by atoms with Crippen molar-refractivity contribution in [2.75, 3.05) is 26.2 Å². The molecule has 0 aliphatic carbocycles.